The summed E-state index contributed by atoms with van der Waals surface area (Å²) in [7, 11) is 0. The summed E-state index contributed by atoms with van der Waals surface area (Å²) >= 11 is 6.38. The van der Waals surface area contributed by atoms with E-state index < -0.39 is 5.79 Å². The highest BCUT2D eigenvalue weighted by atomic mass is 35.5. The minimum Gasteiger partial charge on any atom is -0.494 e. The molecule has 136 valence electrons. The van der Waals surface area contributed by atoms with Crippen LogP contribution in [0.3, 0.4) is 0 Å². The SMILES string of the molecule is Cc1ccc(OCCCN2C(=O)C3(OCCO3)c3cccc(Cl)c32)cc1. The zero-order valence-corrected chi connectivity index (χ0v) is 15.3. The average molecular weight is 374 g/mol. The van der Waals surface area contributed by atoms with Crippen molar-refractivity contribution in [2.75, 3.05) is 31.3 Å². The number of halogens is 1. The number of rotatable bonds is 5. The Morgan fingerprint density at radius 3 is 2.62 bits per heavy atom. The Morgan fingerprint density at radius 1 is 1.15 bits per heavy atom. The van der Waals surface area contributed by atoms with E-state index in [0.717, 1.165) is 5.75 Å². The molecule has 1 spiro atoms. The molecule has 2 aromatic carbocycles. The van der Waals surface area contributed by atoms with Crippen molar-refractivity contribution >= 4 is 23.2 Å². The van der Waals surface area contributed by atoms with Gasteiger partial charge in [-0.25, -0.2) is 0 Å². The lowest BCUT2D eigenvalue weighted by Gasteiger charge is -2.22. The molecule has 1 saturated heterocycles. The number of para-hydroxylation sites is 1. The number of carbonyl (C=O) groups excluding carboxylic acids is 1. The lowest BCUT2D eigenvalue weighted by Crippen LogP contribution is -2.41. The van der Waals surface area contributed by atoms with Crippen LogP contribution in [-0.2, 0) is 20.1 Å². The zero-order valence-electron chi connectivity index (χ0n) is 14.5. The molecule has 26 heavy (non-hydrogen) atoms. The van der Waals surface area contributed by atoms with Crippen molar-refractivity contribution in [3.8, 4) is 5.75 Å². The van der Waals surface area contributed by atoms with Gasteiger partial charge in [-0.3, -0.25) is 4.79 Å². The first kappa shape index (κ1) is 17.3. The van der Waals surface area contributed by atoms with Crippen molar-refractivity contribution in [1.82, 2.24) is 0 Å². The first-order valence-electron chi connectivity index (χ1n) is 8.70. The summed E-state index contributed by atoms with van der Waals surface area (Å²) in [6.45, 7) is 3.80. The number of ether oxygens (including phenoxy) is 3. The molecule has 1 fully saturated rings. The summed E-state index contributed by atoms with van der Waals surface area (Å²) in [6.07, 6.45) is 0.667. The second-order valence-corrected chi connectivity index (χ2v) is 6.83. The minimum absolute atomic E-state index is 0.214. The number of amides is 1. The number of anilines is 1. The molecule has 6 heteroatoms. The number of carbonyl (C=O) groups is 1. The molecule has 2 heterocycles. The predicted octanol–water partition coefficient (Wildman–Crippen LogP) is 3.66. The molecule has 4 rings (SSSR count). The Morgan fingerprint density at radius 2 is 1.88 bits per heavy atom. The maximum atomic E-state index is 13.0. The summed E-state index contributed by atoms with van der Waals surface area (Å²) in [6, 6.07) is 13.3. The molecule has 0 bridgehead atoms. The van der Waals surface area contributed by atoms with Gasteiger partial charge in [0.05, 0.1) is 30.5 Å². The molecule has 0 saturated carbocycles. The van der Waals surface area contributed by atoms with Crippen LogP contribution < -0.4 is 9.64 Å². The molecule has 0 aliphatic carbocycles. The highest BCUT2D eigenvalue weighted by molar-refractivity contribution is 6.35. The third kappa shape index (κ3) is 2.86. The molecule has 0 N–H and O–H groups in total. The van der Waals surface area contributed by atoms with Gasteiger partial charge in [-0.05, 0) is 31.5 Å². The maximum Gasteiger partial charge on any atom is 0.292 e. The molecule has 0 aromatic heterocycles. The van der Waals surface area contributed by atoms with Gasteiger partial charge in [-0.1, -0.05) is 41.4 Å². The summed E-state index contributed by atoms with van der Waals surface area (Å²) in [5.74, 6) is -0.730. The second kappa shape index (κ2) is 6.91. The van der Waals surface area contributed by atoms with Crippen molar-refractivity contribution in [2.24, 2.45) is 0 Å². The lowest BCUT2D eigenvalue weighted by molar-refractivity contribution is -0.180. The van der Waals surface area contributed by atoms with E-state index in [1.807, 2.05) is 43.3 Å². The van der Waals surface area contributed by atoms with Crippen LogP contribution >= 0.6 is 11.6 Å². The third-order valence-electron chi connectivity index (χ3n) is 4.65. The minimum atomic E-state index is -1.34. The summed E-state index contributed by atoms with van der Waals surface area (Å²) in [4.78, 5) is 14.7. The van der Waals surface area contributed by atoms with Gasteiger partial charge in [0.15, 0.2) is 0 Å². The first-order chi connectivity index (χ1) is 12.6. The van der Waals surface area contributed by atoms with Crippen LogP contribution in [0.2, 0.25) is 5.02 Å². The largest absolute Gasteiger partial charge is 0.494 e. The van der Waals surface area contributed by atoms with Crippen molar-refractivity contribution in [1.29, 1.82) is 0 Å². The van der Waals surface area contributed by atoms with Crippen LogP contribution in [0, 0.1) is 6.92 Å². The van der Waals surface area contributed by atoms with Gasteiger partial charge in [0.25, 0.3) is 11.7 Å². The molecular weight excluding hydrogens is 354 g/mol. The van der Waals surface area contributed by atoms with Gasteiger partial charge in [-0.2, -0.15) is 0 Å². The second-order valence-electron chi connectivity index (χ2n) is 6.42. The average Bonchev–Trinajstić information content (AvgIpc) is 3.22. The van der Waals surface area contributed by atoms with Gasteiger partial charge < -0.3 is 19.1 Å². The topological polar surface area (TPSA) is 48.0 Å². The van der Waals surface area contributed by atoms with Crippen molar-refractivity contribution < 1.29 is 19.0 Å². The van der Waals surface area contributed by atoms with Gasteiger partial charge >= 0.3 is 0 Å². The molecule has 2 aromatic rings. The van der Waals surface area contributed by atoms with Crippen molar-refractivity contribution in [2.45, 2.75) is 19.1 Å². The number of nitrogens with zero attached hydrogens (tertiary/aromatic N) is 1. The van der Waals surface area contributed by atoms with E-state index in [4.69, 9.17) is 25.8 Å². The fourth-order valence-electron chi connectivity index (χ4n) is 3.40. The van der Waals surface area contributed by atoms with E-state index in [0.29, 0.717) is 49.1 Å². The van der Waals surface area contributed by atoms with E-state index in [-0.39, 0.29) is 5.91 Å². The van der Waals surface area contributed by atoms with E-state index in [2.05, 4.69) is 0 Å². The fraction of sp³-hybridized carbons (Fsp3) is 0.350. The number of hydrogen-bond donors (Lipinski definition) is 0. The zero-order chi connectivity index (χ0) is 18.1. The van der Waals surface area contributed by atoms with Crippen LogP contribution in [0.5, 0.6) is 5.75 Å². The van der Waals surface area contributed by atoms with Crippen molar-refractivity contribution in [3.63, 3.8) is 0 Å². The summed E-state index contributed by atoms with van der Waals surface area (Å²) in [5.41, 5.74) is 2.55. The normalized spacial score (nSPS) is 17.8. The monoisotopic (exact) mass is 373 g/mol. The number of fused-ring (bicyclic) bond motifs is 2. The van der Waals surface area contributed by atoms with Crippen LogP contribution in [-0.4, -0.2) is 32.3 Å². The van der Waals surface area contributed by atoms with Gasteiger partial charge in [0.1, 0.15) is 5.75 Å². The molecule has 2 aliphatic rings. The molecule has 5 nitrogen and oxygen atoms in total. The summed E-state index contributed by atoms with van der Waals surface area (Å²) < 4.78 is 17.2. The quantitative estimate of drug-likeness (QED) is 0.750. The van der Waals surface area contributed by atoms with Gasteiger partial charge in [0, 0.05) is 12.1 Å². The van der Waals surface area contributed by atoms with Crippen LogP contribution in [0.15, 0.2) is 42.5 Å². The van der Waals surface area contributed by atoms with Crippen molar-refractivity contribution in [3.05, 3.63) is 58.6 Å². The standard InChI is InChI=1S/C20H20ClNO4/c1-14-6-8-15(9-7-14)24-11-3-10-22-18-16(4-2-5-17(18)21)20(19(22)23)25-12-13-26-20/h2,4-9H,3,10-13H2,1H3. The summed E-state index contributed by atoms with van der Waals surface area (Å²) in [5, 5.41) is 0.520. The number of aryl methyl sites for hydroxylation is 1. The molecule has 0 radical (unpaired) electrons. The Kier molecular flexibility index (Phi) is 4.61. The number of benzene rings is 2. The molecule has 0 atom stereocenters. The lowest BCUT2D eigenvalue weighted by atomic mass is 10.1. The fourth-order valence-corrected chi connectivity index (χ4v) is 3.68. The van der Waals surface area contributed by atoms with Crippen LogP contribution in [0.1, 0.15) is 17.5 Å². The van der Waals surface area contributed by atoms with Gasteiger partial charge in [-0.15, -0.1) is 0 Å². The Bertz CT molecular complexity index is 815. The first-order valence-corrected chi connectivity index (χ1v) is 9.08. The maximum absolute atomic E-state index is 13.0. The van der Waals surface area contributed by atoms with E-state index in [9.17, 15) is 4.79 Å². The van der Waals surface area contributed by atoms with Crippen LogP contribution in [0.25, 0.3) is 0 Å². The Hall–Kier alpha value is -2.08. The highest BCUT2D eigenvalue weighted by Crippen LogP contribution is 2.48. The highest BCUT2D eigenvalue weighted by Gasteiger charge is 2.56. The van der Waals surface area contributed by atoms with Gasteiger partial charge in [0.2, 0.25) is 0 Å². The Labute approximate surface area is 157 Å². The van der Waals surface area contributed by atoms with E-state index in [1.54, 1.807) is 11.0 Å². The predicted molar refractivity (Wildman–Crippen MR) is 98.7 cm³/mol. The van der Waals surface area contributed by atoms with Crippen LogP contribution in [0.4, 0.5) is 5.69 Å². The molecular formula is C20H20ClNO4. The molecule has 1 amide bonds. The third-order valence-corrected chi connectivity index (χ3v) is 4.95. The van der Waals surface area contributed by atoms with E-state index in [1.165, 1.54) is 5.56 Å². The molecule has 2 aliphatic heterocycles. The smallest absolute Gasteiger partial charge is 0.292 e. The van der Waals surface area contributed by atoms with E-state index >= 15 is 0 Å². The molecule has 0 unspecified atom stereocenters. The number of hydrogen-bond acceptors (Lipinski definition) is 4. The Balaban J connectivity index is 1.47.